The summed E-state index contributed by atoms with van der Waals surface area (Å²) in [6.45, 7) is 13.8. The Hall–Kier alpha value is -1.63. The van der Waals surface area contributed by atoms with Gasteiger partial charge < -0.3 is 5.41 Å². The molecule has 0 saturated heterocycles. The van der Waals surface area contributed by atoms with Crippen LogP contribution in [0, 0.1) is 5.41 Å². The molecule has 0 aromatic carbocycles. The van der Waals surface area contributed by atoms with Crippen molar-refractivity contribution in [2.45, 2.75) is 27.2 Å². The maximum Gasteiger partial charge on any atom is 0.000575 e. The van der Waals surface area contributed by atoms with Gasteiger partial charge in [0.1, 0.15) is 0 Å². The van der Waals surface area contributed by atoms with E-state index in [4.69, 9.17) is 5.41 Å². The Morgan fingerprint density at radius 1 is 1.12 bits per heavy atom. The molecule has 0 bridgehead atoms. The second-order valence-electron chi connectivity index (χ2n) is 3.92. The molecule has 86 valence electrons. The van der Waals surface area contributed by atoms with Gasteiger partial charge in [0.15, 0.2) is 0 Å². The molecule has 1 N–H and O–H groups in total. The van der Waals surface area contributed by atoms with E-state index in [9.17, 15) is 0 Å². The van der Waals surface area contributed by atoms with Gasteiger partial charge in [0, 0.05) is 6.42 Å². The Balaban J connectivity index is 4.58. The Labute approximate surface area is 99.1 Å². The van der Waals surface area contributed by atoms with E-state index in [1.807, 2.05) is 45.1 Å². The second-order valence-corrected chi connectivity index (χ2v) is 3.92. The fraction of sp³-hybridized carbons (Fsp3) is 0.267. The molecule has 0 saturated carbocycles. The number of rotatable bonds is 6. The highest BCUT2D eigenvalue weighted by Gasteiger charge is 1.92. The van der Waals surface area contributed by atoms with Crippen LogP contribution in [0.3, 0.4) is 0 Å². The zero-order chi connectivity index (χ0) is 12.6. The van der Waals surface area contributed by atoms with Crippen LogP contribution in [0.5, 0.6) is 0 Å². The van der Waals surface area contributed by atoms with Crippen LogP contribution in [0.4, 0.5) is 0 Å². The molecule has 0 atom stereocenters. The Bertz CT molecular complexity index is 365. The van der Waals surface area contributed by atoms with Crippen molar-refractivity contribution in [1.82, 2.24) is 0 Å². The summed E-state index contributed by atoms with van der Waals surface area (Å²) < 4.78 is 0. The summed E-state index contributed by atoms with van der Waals surface area (Å²) in [6, 6.07) is 0. The van der Waals surface area contributed by atoms with Gasteiger partial charge in [0.05, 0.1) is 0 Å². The molecule has 0 unspecified atom stereocenters. The Morgan fingerprint density at radius 3 is 2.25 bits per heavy atom. The summed E-state index contributed by atoms with van der Waals surface area (Å²) in [4.78, 5) is 0. The van der Waals surface area contributed by atoms with Gasteiger partial charge in [-0.2, -0.15) is 0 Å². The van der Waals surface area contributed by atoms with E-state index in [-0.39, 0.29) is 0 Å². The zero-order valence-corrected chi connectivity index (χ0v) is 10.5. The predicted molar refractivity (Wildman–Crippen MR) is 74.0 cm³/mol. The first-order chi connectivity index (χ1) is 7.47. The van der Waals surface area contributed by atoms with Crippen molar-refractivity contribution >= 4 is 6.21 Å². The second kappa shape index (κ2) is 7.63. The van der Waals surface area contributed by atoms with E-state index in [1.54, 1.807) is 0 Å². The number of nitrogens with one attached hydrogen (secondary N) is 1. The minimum atomic E-state index is 0.666. The molecular weight excluding hydrogens is 194 g/mol. The Morgan fingerprint density at radius 2 is 1.75 bits per heavy atom. The quantitative estimate of drug-likeness (QED) is 0.494. The molecule has 0 heterocycles. The van der Waals surface area contributed by atoms with Gasteiger partial charge in [-0.3, -0.25) is 0 Å². The summed E-state index contributed by atoms with van der Waals surface area (Å²) in [5.41, 5.74) is 4.29. The van der Waals surface area contributed by atoms with Crippen molar-refractivity contribution in [2.24, 2.45) is 0 Å². The first-order valence-corrected chi connectivity index (χ1v) is 5.34. The standard InChI is InChI=1S/C15H21N/c1-12(2)8-9-13(3)11-15(5)14(4)7-6-10-16/h7-11,16H,1,5-6H2,2-4H3/b9-8-,13-11-,14-7+,16-10?. The summed E-state index contributed by atoms with van der Waals surface area (Å²) in [5.74, 6) is 0. The molecule has 0 radical (unpaired) electrons. The lowest BCUT2D eigenvalue weighted by Gasteiger charge is -2.01. The SMILES string of the molecule is C=C(C)/C=C\C(C)=C/C(=C)/C(C)=C/CC=N. The third-order valence-corrected chi connectivity index (χ3v) is 2.08. The predicted octanol–water partition coefficient (Wildman–Crippen LogP) is 4.61. The first kappa shape index (κ1) is 14.4. The molecule has 0 aromatic heterocycles. The molecule has 0 aliphatic carbocycles. The van der Waals surface area contributed by atoms with Crippen LogP contribution < -0.4 is 0 Å². The van der Waals surface area contributed by atoms with Crippen LogP contribution in [0.1, 0.15) is 27.2 Å². The van der Waals surface area contributed by atoms with E-state index >= 15 is 0 Å². The van der Waals surface area contributed by atoms with Gasteiger partial charge in [-0.15, -0.1) is 0 Å². The summed E-state index contributed by atoms with van der Waals surface area (Å²) in [7, 11) is 0. The molecule has 0 fully saturated rings. The van der Waals surface area contributed by atoms with E-state index in [0.717, 1.165) is 22.3 Å². The fourth-order valence-electron chi connectivity index (χ4n) is 1.08. The van der Waals surface area contributed by atoms with Crippen LogP contribution in [0.2, 0.25) is 0 Å². The van der Waals surface area contributed by atoms with E-state index in [2.05, 4.69) is 13.2 Å². The average Bonchev–Trinajstić information content (AvgIpc) is 2.22. The maximum atomic E-state index is 6.96. The van der Waals surface area contributed by atoms with Crippen LogP contribution >= 0.6 is 0 Å². The lowest BCUT2D eigenvalue weighted by molar-refractivity contribution is 1.33. The summed E-state index contributed by atoms with van der Waals surface area (Å²) in [6.07, 6.45) is 10.1. The molecular formula is C15H21N. The molecule has 0 amide bonds. The van der Waals surface area contributed by atoms with Crippen molar-refractivity contribution in [1.29, 1.82) is 5.41 Å². The minimum absolute atomic E-state index is 0.666. The van der Waals surface area contributed by atoms with Gasteiger partial charge in [-0.1, -0.05) is 48.6 Å². The van der Waals surface area contributed by atoms with E-state index in [1.165, 1.54) is 6.21 Å². The van der Waals surface area contributed by atoms with Crippen LogP contribution in [0.15, 0.2) is 59.8 Å². The largest absolute Gasteiger partial charge is 0.313 e. The van der Waals surface area contributed by atoms with Crippen LogP contribution in [-0.4, -0.2) is 6.21 Å². The van der Waals surface area contributed by atoms with E-state index in [0.29, 0.717) is 6.42 Å². The minimum Gasteiger partial charge on any atom is -0.313 e. The third kappa shape index (κ3) is 6.77. The molecule has 0 spiro atoms. The van der Waals surface area contributed by atoms with Crippen molar-refractivity contribution in [3.63, 3.8) is 0 Å². The van der Waals surface area contributed by atoms with E-state index < -0.39 is 0 Å². The van der Waals surface area contributed by atoms with Gasteiger partial charge in [-0.05, 0) is 38.1 Å². The lowest BCUT2D eigenvalue weighted by Crippen LogP contribution is -1.82. The number of hydrogen-bond acceptors (Lipinski definition) is 1. The molecule has 0 rings (SSSR count). The normalized spacial score (nSPS) is 12.9. The monoisotopic (exact) mass is 215 g/mol. The average molecular weight is 215 g/mol. The molecule has 1 nitrogen and oxygen atoms in total. The van der Waals surface area contributed by atoms with Crippen molar-refractivity contribution in [3.05, 3.63) is 59.8 Å². The summed E-state index contributed by atoms with van der Waals surface area (Å²) >= 11 is 0. The summed E-state index contributed by atoms with van der Waals surface area (Å²) in [5, 5.41) is 6.96. The smallest absolute Gasteiger partial charge is 0.000575 e. The van der Waals surface area contributed by atoms with Crippen molar-refractivity contribution in [3.8, 4) is 0 Å². The van der Waals surface area contributed by atoms with Crippen molar-refractivity contribution in [2.75, 3.05) is 0 Å². The highest BCUT2D eigenvalue weighted by Crippen LogP contribution is 2.12. The number of allylic oxidation sites excluding steroid dienone is 8. The third-order valence-electron chi connectivity index (χ3n) is 2.08. The maximum absolute atomic E-state index is 6.96. The topological polar surface area (TPSA) is 23.9 Å². The molecule has 0 aliphatic heterocycles. The molecule has 0 aromatic rings. The van der Waals surface area contributed by atoms with Crippen molar-refractivity contribution < 1.29 is 0 Å². The lowest BCUT2D eigenvalue weighted by atomic mass is 10.1. The zero-order valence-electron chi connectivity index (χ0n) is 10.5. The van der Waals surface area contributed by atoms with Gasteiger partial charge >= 0.3 is 0 Å². The van der Waals surface area contributed by atoms with Gasteiger partial charge in [0.25, 0.3) is 0 Å². The van der Waals surface area contributed by atoms with Crippen LogP contribution in [-0.2, 0) is 0 Å². The molecule has 0 aliphatic rings. The molecule has 1 heteroatoms. The highest BCUT2D eigenvalue weighted by atomic mass is 14.3. The fourth-order valence-corrected chi connectivity index (χ4v) is 1.08. The highest BCUT2D eigenvalue weighted by molar-refractivity contribution is 5.56. The number of hydrogen-bond donors (Lipinski definition) is 1. The van der Waals surface area contributed by atoms with Crippen LogP contribution in [0.25, 0.3) is 0 Å². The first-order valence-electron chi connectivity index (χ1n) is 5.34. The van der Waals surface area contributed by atoms with Gasteiger partial charge in [0.2, 0.25) is 0 Å². The Kier molecular flexibility index (Phi) is 6.86. The van der Waals surface area contributed by atoms with Gasteiger partial charge in [-0.25, -0.2) is 0 Å². The molecule has 16 heavy (non-hydrogen) atoms.